The summed E-state index contributed by atoms with van der Waals surface area (Å²) < 4.78 is 7.61. The highest BCUT2D eigenvalue weighted by molar-refractivity contribution is 6.76. The minimum absolute atomic E-state index is 0.434. The van der Waals surface area contributed by atoms with E-state index in [-0.39, 0.29) is 0 Å². The summed E-state index contributed by atoms with van der Waals surface area (Å²) in [6.45, 7) is 8.22. The Labute approximate surface area is 120 Å². The first-order valence-electron chi connectivity index (χ1n) is 6.63. The third-order valence-electron chi connectivity index (χ3n) is 2.82. The van der Waals surface area contributed by atoms with Crippen LogP contribution in [0.5, 0.6) is 0 Å². The molecular formula is C13H21N5OSi. The minimum atomic E-state index is -1.06. The Morgan fingerprint density at radius 3 is 2.75 bits per heavy atom. The molecule has 108 valence electrons. The van der Waals surface area contributed by atoms with E-state index in [4.69, 9.17) is 10.5 Å². The van der Waals surface area contributed by atoms with Crippen molar-refractivity contribution in [1.29, 1.82) is 0 Å². The number of aromatic nitrogens is 4. The van der Waals surface area contributed by atoms with Gasteiger partial charge in [-0.25, -0.2) is 15.0 Å². The van der Waals surface area contributed by atoms with Gasteiger partial charge in [0.25, 0.3) is 0 Å². The second kappa shape index (κ2) is 6.15. The van der Waals surface area contributed by atoms with Crippen LogP contribution in [-0.2, 0) is 11.5 Å². The second-order valence-electron chi connectivity index (χ2n) is 5.87. The predicted molar refractivity (Wildman–Crippen MR) is 81.8 cm³/mol. The van der Waals surface area contributed by atoms with Crippen molar-refractivity contribution in [1.82, 2.24) is 19.5 Å². The van der Waals surface area contributed by atoms with E-state index in [0.717, 1.165) is 12.7 Å². The zero-order valence-corrected chi connectivity index (χ0v) is 13.2. The highest BCUT2D eigenvalue weighted by Crippen LogP contribution is 2.14. The van der Waals surface area contributed by atoms with Crippen LogP contribution in [0.1, 0.15) is 0 Å². The molecule has 7 heteroatoms. The van der Waals surface area contributed by atoms with E-state index in [0.29, 0.717) is 24.2 Å². The van der Waals surface area contributed by atoms with Crippen LogP contribution >= 0.6 is 0 Å². The van der Waals surface area contributed by atoms with Gasteiger partial charge < -0.3 is 15.0 Å². The van der Waals surface area contributed by atoms with E-state index >= 15 is 0 Å². The number of anilines is 1. The molecule has 2 aromatic heterocycles. The van der Waals surface area contributed by atoms with Gasteiger partial charge in [-0.05, 0) is 12.1 Å². The monoisotopic (exact) mass is 291 g/mol. The first-order valence-corrected chi connectivity index (χ1v) is 10.3. The van der Waals surface area contributed by atoms with Crippen LogP contribution in [0.3, 0.4) is 0 Å². The van der Waals surface area contributed by atoms with Gasteiger partial charge in [0.2, 0.25) is 0 Å². The van der Waals surface area contributed by atoms with Gasteiger partial charge in [0.1, 0.15) is 12.5 Å². The van der Waals surface area contributed by atoms with E-state index < -0.39 is 8.07 Å². The van der Waals surface area contributed by atoms with Crippen LogP contribution in [0.4, 0.5) is 5.82 Å². The maximum atomic E-state index is 5.72. The number of hydrogen-bond acceptors (Lipinski definition) is 5. The molecule has 0 bridgehead atoms. The van der Waals surface area contributed by atoms with E-state index in [9.17, 15) is 0 Å². The summed E-state index contributed by atoms with van der Waals surface area (Å²) in [4.78, 5) is 12.6. The van der Waals surface area contributed by atoms with Crippen molar-refractivity contribution in [2.24, 2.45) is 0 Å². The molecule has 0 radical (unpaired) electrons. The summed E-state index contributed by atoms with van der Waals surface area (Å²) in [6, 6.07) is 2.80. The summed E-state index contributed by atoms with van der Waals surface area (Å²) in [7, 11) is -1.06. The van der Waals surface area contributed by atoms with Gasteiger partial charge >= 0.3 is 0 Å². The van der Waals surface area contributed by atoms with Crippen LogP contribution < -0.4 is 5.73 Å². The number of nitrogens with two attached hydrogens (primary N) is 1. The largest absolute Gasteiger partial charge is 0.384 e. The zero-order valence-electron chi connectivity index (χ0n) is 12.2. The molecule has 0 saturated carbocycles. The average molecular weight is 291 g/mol. The molecule has 6 nitrogen and oxygen atoms in total. The van der Waals surface area contributed by atoms with Crippen molar-refractivity contribution in [3.63, 3.8) is 0 Å². The Hall–Kier alpha value is -1.73. The molecule has 0 atom stereocenters. The molecule has 2 rings (SSSR count). The van der Waals surface area contributed by atoms with Gasteiger partial charge in [0.05, 0.1) is 0 Å². The lowest BCUT2D eigenvalue weighted by Crippen LogP contribution is -2.22. The lowest BCUT2D eigenvalue weighted by Gasteiger charge is -2.15. The highest BCUT2D eigenvalue weighted by Gasteiger charge is 2.13. The molecule has 0 fully saturated rings. The fraction of sp³-hybridized carbons (Fsp3) is 0.462. The molecular weight excluding hydrogens is 270 g/mol. The van der Waals surface area contributed by atoms with Crippen LogP contribution in [0.2, 0.25) is 25.7 Å². The summed E-state index contributed by atoms with van der Waals surface area (Å²) in [5, 5.41) is 0. The van der Waals surface area contributed by atoms with Crippen molar-refractivity contribution in [2.75, 3.05) is 12.3 Å². The Morgan fingerprint density at radius 2 is 2.05 bits per heavy atom. The lowest BCUT2D eigenvalue weighted by molar-refractivity contribution is 0.0882. The number of ether oxygens (including phenoxy) is 1. The maximum absolute atomic E-state index is 5.72. The van der Waals surface area contributed by atoms with Crippen molar-refractivity contribution in [2.45, 2.75) is 32.4 Å². The SMILES string of the molecule is C[Si](C)(C)CCOCn1ccnc1-c1nccc(N)n1. The predicted octanol–water partition coefficient (Wildman–Crippen LogP) is 2.23. The summed E-state index contributed by atoms with van der Waals surface area (Å²) >= 11 is 0. The topological polar surface area (TPSA) is 78.8 Å². The standard InChI is InChI=1S/C13H21N5OSi/c1-20(2,3)9-8-19-10-18-7-6-16-13(18)12-15-5-4-11(14)17-12/h4-7H,8-10H2,1-3H3,(H2,14,15,17). The molecule has 0 aliphatic heterocycles. The first kappa shape index (κ1) is 14.7. The Morgan fingerprint density at radius 1 is 1.25 bits per heavy atom. The van der Waals surface area contributed by atoms with E-state index in [1.807, 2.05) is 10.8 Å². The van der Waals surface area contributed by atoms with Gasteiger partial charge in [0.15, 0.2) is 11.6 Å². The quantitative estimate of drug-likeness (QED) is 0.652. The number of nitrogen functional groups attached to an aromatic ring is 1. The van der Waals surface area contributed by atoms with Crippen molar-refractivity contribution >= 4 is 13.9 Å². The summed E-state index contributed by atoms with van der Waals surface area (Å²) in [5.74, 6) is 1.62. The highest BCUT2D eigenvalue weighted by atomic mass is 28.3. The zero-order chi connectivity index (χ0) is 14.6. The van der Waals surface area contributed by atoms with Gasteiger partial charge in [-0.1, -0.05) is 19.6 Å². The molecule has 0 spiro atoms. The number of imidazole rings is 1. The lowest BCUT2D eigenvalue weighted by atomic mass is 10.5. The van der Waals surface area contributed by atoms with Crippen molar-refractivity contribution in [3.8, 4) is 11.6 Å². The normalized spacial score (nSPS) is 11.8. The van der Waals surface area contributed by atoms with Crippen LogP contribution in [0.15, 0.2) is 24.7 Å². The smallest absolute Gasteiger partial charge is 0.197 e. The third kappa shape index (κ3) is 4.14. The van der Waals surface area contributed by atoms with Gasteiger partial charge in [-0.15, -0.1) is 0 Å². The molecule has 0 unspecified atom stereocenters. The molecule has 2 aromatic rings. The van der Waals surface area contributed by atoms with Gasteiger partial charge in [0, 0.05) is 33.3 Å². The molecule has 2 heterocycles. The van der Waals surface area contributed by atoms with Crippen LogP contribution in [-0.4, -0.2) is 34.2 Å². The first-order chi connectivity index (χ1) is 9.46. The van der Waals surface area contributed by atoms with Crippen LogP contribution in [0.25, 0.3) is 11.6 Å². The van der Waals surface area contributed by atoms with Crippen molar-refractivity contribution in [3.05, 3.63) is 24.7 Å². The fourth-order valence-corrected chi connectivity index (χ4v) is 2.40. The molecule has 0 aliphatic carbocycles. The molecule has 2 N–H and O–H groups in total. The van der Waals surface area contributed by atoms with Gasteiger partial charge in [-0.2, -0.15) is 0 Å². The fourth-order valence-electron chi connectivity index (χ4n) is 1.64. The average Bonchev–Trinajstić information content (AvgIpc) is 2.82. The van der Waals surface area contributed by atoms with E-state index in [2.05, 4.69) is 34.6 Å². The molecule has 0 aromatic carbocycles. The molecule has 20 heavy (non-hydrogen) atoms. The molecule has 0 aliphatic rings. The molecule has 0 saturated heterocycles. The Balaban J connectivity index is 1.99. The Bertz CT molecular complexity index is 564. The summed E-state index contributed by atoms with van der Waals surface area (Å²) in [5.41, 5.74) is 5.67. The van der Waals surface area contributed by atoms with Crippen LogP contribution in [0, 0.1) is 0 Å². The second-order valence-corrected chi connectivity index (χ2v) is 11.5. The number of rotatable bonds is 6. The minimum Gasteiger partial charge on any atom is -0.384 e. The number of hydrogen-bond donors (Lipinski definition) is 1. The summed E-state index contributed by atoms with van der Waals surface area (Å²) in [6.07, 6.45) is 5.20. The Kier molecular flexibility index (Phi) is 4.51. The molecule has 0 amide bonds. The van der Waals surface area contributed by atoms with E-state index in [1.54, 1.807) is 18.5 Å². The van der Waals surface area contributed by atoms with Gasteiger partial charge in [-0.3, -0.25) is 0 Å². The third-order valence-corrected chi connectivity index (χ3v) is 4.52. The number of nitrogens with zero attached hydrogens (tertiary/aromatic N) is 4. The maximum Gasteiger partial charge on any atom is 0.197 e. The van der Waals surface area contributed by atoms with Crippen molar-refractivity contribution < 1.29 is 4.74 Å². The van der Waals surface area contributed by atoms with E-state index in [1.165, 1.54) is 0 Å².